The van der Waals surface area contributed by atoms with Crippen molar-refractivity contribution in [2.75, 3.05) is 26.3 Å². The summed E-state index contributed by atoms with van der Waals surface area (Å²) in [6.07, 6.45) is 0.774. The molecule has 0 aliphatic heterocycles. The summed E-state index contributed by atoms with van der Waals surface area (Å²) in [5, 5.41) is 19.9. The Balaban J connectivity index is 2.64. The maximum Gasteiger partial charge on any atom is 0.341 e. The lowest BCUT2D eigenvalue weighted by Crippen LogP contribution is -2.28. The van der Waals surface area contributed by atoms with Crippen LogP contribution in [0.15, 0.2) is 36.1 Å². The third-order valence-electron chi connectivity index (χ3n) is 2.72. The number of hydrogen-bond acceptors (Lipinski definition) is 7. The Morgan fingerprint density at radius 1 is 1.32 bits per heavy atom. The van der Waals surface area contributed by atoms with Crippen LogP contribution in [0.1, 0.15) is 10.4 Å². The third-order valence-corrected chi connectivity index (χ3v) is 2.72. The largest absolute Gasteiger partial charge is 0.488 e. The molecule has 132 valence electrons. The van der Waals surface area contributed by atoms with Crippen LogP contribution in [0.4, 0.5) is 0 Å². The number of nitrogens with one attached hydrogen (secondary N) is 1. The molecule has 0 radical (unpaired) electrons. The van der Waals surface area contributed by atoms with Gasteiger partial charge in [-0.3, -0.25) is 9.59 Å². The smallest absolute Gasteiger partial charge is 0.341 e. The molecule has 0 atom stereocenters. The Morgan fingerprint density at radius 2 is 2.08 bits per heavy atom. The van der Waals surface area contributed by atoms with Crippen molar-refractivity contribution in [1.29, 1.82) is 5.26 Å². The first-order valence-electron chi connectivity index (χ1n) is 7.16. The molecule has 0 saturated carbocycles. The average molecular weight is 347 g/mol. The number of amides is 1. The molecule has 0 bridgehead atoms. The number of aliphatic carboxylic acids is 1. The molecule has 0 saturated heterocycles. The monoisotopic (exact) mass is 347 g/mol. The van der Waals surface area contributed by atoms with Gasteiger partial charge < -0.3 is 25.6 Å². The fourth-order valence-corrected chi connectivity index (χ4v) is 1.59. The number of benzene rings is 1. The van der Waals surface area contributed by atoms with E-state index in [9.17, 15) is 14.4 Å². The van der Waals surface area contributed by atoms with E-state index in [0.717, 1.165) is 6.26 Å². The number of Topliss-reactive ketones (excluding diaryl/α,β-unsaturated/α-hetero) is 1. The normalized spacial score (nSPS) is 10.5. The first kappa shape index (κ1) is 19.7. The van der Waals surface area contributed by atoms with Crippen molar-refractivity contribution >= 4 is 17.7 Å². The minimum Gasteiger partial charge on any atom is -0.488 e. The quantitative estimate of drug-likeness (QED) is 0.300. The number of ketones is 1. The molecule has 1 amide bonds. The zero-order valence-corrected chi connectivity index (χ0v) is 13.2. The second kappa shape index (κ2) is 10.4. The van der Waals surface area contributed by atoms with E-state index in [-0.39, 0.29) is 17.2 Å². The van der Waals surface area contributed by atoms with E-state index in [1.54, 1.807) is 24.3 Å². The molecule has 25 heavy (non-hydrogen) atoms. The molecule has 0 unspecified atom stereocenters. The average Bonchev–Trinajstić information content (AvgIpc) is 2.61. The highest BCUT2D eigenvalue weighted by Crippen LogP contribution is 2.13. The predicted octanol–water partition coefficient (Wildman–Crippen LogP) is -0.168. The number of ether oxygens (including phenoxy) is 2. The Labute approximate surface area is 143 Å². The van der Waals surface area contributed by atoms with Crippen LogP contribution in [0.3, 0.4) is 0 Å². The zero-order chi connectivity index (χ0) is 18.7. The predicted molar refractivity (Wildman–Crippen MR) is 85.6 cm³/mol. The SMILES string of the molecule is N#C/C(=C\OCC(=O)O)C(=O)COc1cccc(C(=O)NCCN)c1. The van der Waals surface area contributed by atoms with Crippen LogP contribution >= 0.6 is 0 Å². The number of nitrogens with zero attached hydrogens (tertiary/aromatic N) is 1. The maximum atomic E-state index is 11.8. The summed E-state index contributed by atoms with van der Waals surface area (Å²) >= 11 is 0. The van der Waals surface area contributed by atoms with E-state index in [1.165, 1.54) is 6.07 Å². The highest BCUT2D eigenvalue weighted by molar-refractivity contribution is 6.00. The van der Waals surface area contributed by atoms with E-state index >= 15 is 0 Å². The van der Waals surface area contributed by atoms with E-state index in [1.807, 2.05) is 0 Å². The Kier molecular flexibility index (Phi) is 8.19. The Hall–Kier alpha value is -3.38. The minimum absolute atomic E-state index is 0.262. The molecule has 0 fully saturated rings. The van der Waals surface area contributed by atoms with Crippen LogP contribution in [-0.2, 0) is 14.3 Å². The van der Waals surface area contributed by atoms with Crippen molar-refractivity contribution in [3.8, 4) is 11.8 Å². The van der Waals surface area contributed by atoms with Crippen molar-refractivity contribution in [2.24, 2.45) is 5.73 Å². The molecule has 0 spiro atoms. The first-order chi connectivity index (χ1) is 12.0. The van der Waals surface area contributed by atoms with Crippen molar-refractivity contribution in [3.05, 3.63) is 41.7 Å². The Bertz CT molecular complexity index is 708. The van der Waals surface area contributed by atoms with Gasteiger partial charge in [-0.25, -0.2) is 4.79 Å². The number of carbonyl (C=O) groups excluding carboxylic acids is 2. The van der Waals surface area contributed by atoms with Crippen molar-refractivity contribution < 1.29 is 29.0 Å². The summed E-state index contributed by atoms with van der Waals surface area (Å²) in [4.78, 5) is 34.0. The number of carboxylic acids is 1. The van der Waals surface area contributed by atoms with Gasteiger partial charge >= 0.3 is 5.97 Å². The van der Waals surface area contributed by atoms with E-state index < -0.39 is 25.0 Å². The molecular formula is C16H17N3O6. The molecule has 1 aromatic rings. The van der Waals surface area contributed by atoms with Gasteiger partial charge in [0.15, 0.2) is 13.2 Å². The number of hydrogen-bond donors (Lipinski definition) is 3. The molecule has 1 aromatic carbocycles. The van der Waals surface area contributed by atoms with Crippen LogP contribution < -0.4 is 15.8 Å². The van der Waals surface area contributed by atoms with Crippen LogP contribution in [0.2, 0.25) is 0 Å². The van der Waals surface area contributed by atoms with Crippen molar-refractivity contribution in [2.45, 2.75) is 0 Å². The van der Waals surface area contributed by atoms with Crippen LogP contribution in [0, 0.1) is 11.3 Å². The molecule has 9 nitrogen and oxygen atoms in total. The van der Waals surface area contributed by atoms with Crippen LogP contribution in [-0.4, -0.2) is 49.1 Å². The number of nitriles is 1. The second-order valence-corrected chi connectivity index (χ2v) is 4.63. The van der Waals surface area contributed by atoms with Gasteiger partial charge in [0, 0.05) is 18.7 Å². The third kappa shape index (κ3) is 7.15. The van der Waals surface area contributed by atoms with Crippen LogP contribution in [0.5, 0.6) is 5.75 Å². The maximum absolute atomic E-state index is 11.8. The molecule has 9 heteroatoms. The lowest BCUT2D eigenvalue weighted by molar-refractivity contribution is -0.140. The van der Waals surface area contributed by atoms with E-state index in [4.69, 9.17) is 20.8 Å². The molecular weight excluding hydrogens is 330 g/mol. The highest BCUT2D eigenvalue weighted by Gasteiger charge is 2.12. The zero-order valence-electron chi connectivity index (χ0n) is 13.2. The molecule has 4 N–H and O–H groups in total. The second-order valence-electron chi connectivity index (χ2n) is 4.63. The fraction of sp³-hybridized carbons (Fsp3) is 0.250. The van der Waals surface area contributed by atoms with Gasteiger partial charge in [0.05, 0.1) is 0 Å². The van der Waals surface area contributed by atoms with Gasteiger partial charge in [0.25, 0.3) is 5.91 Å². The standard InChI is InChI=1S/C16H17N3O6/c17-4-5-19-16(23)11-2-1-3-13(6-11)25-9-14(20)12(7-18)8-24-10-15(21)22/h1-3,6,8H,4-5,9-10,17H2,(H,19,23)(H,21,22)/b12-8+. The molecule has 0 aliphatic rings. The van der Waals surface area contributed by atoms with Gasteiger partial charge in [-0.1, -0.05) is 6.07 Å². The van der Waals surface area contributed by atoms with E-state index in [0.29, 0.717) is 18.7 Å². The number of carbonyl (C=O) groups is 3. The molecule has 0 aliphatic carbocycles. The van der Waals surface area contributed by atoms with Gasteiger partial charge in [-0.05, 0) is 18.2 Å². The summed E-state index contributed by atoms with van der Waals surface area (Å²) in [7, 11) is 0. The molecule has 0 aromatic heterocycles. The Morgan fingerprint density at radius 3 is 2.72 bits per heavy atom. The van der Waals surface area contributed by atoms with Crippen molar-refractivity contribution in [1.82, 2.24) is 5.32 Å². The van der Waals surface area contributed by atoms with Gasteiger partial charge in [0.2, 0.25) is 5.78 Å². The van der Waals surface area contributed by atoms with Crippen molar-refractivity contribution in [3.63, 3.8) is 0 Å². The van der Waals surface area contributed by atoms with Crippen LogP contribution in [0.25, 0.3) is 0 Å². The summed E-state index contributed by atoms with van der Waals surface area (Å²) in [5.41, 5.74) is 5.26. The van der Waals surface area contributed by atoms with Gasteiger partial charge in [0.1, 0.15) is 23.7 Å². The first-order valence-corrected chi connectivity index (χ1v) is 7.16. The number of nitrogens with two attached hydrogens (primary N) is 1. The fourth-order valence-electron chi connectivity index (χ4n) is 1.59. The lowest BCUT2D eigenvalue weighted by Gasteiger charge is -2.08. The highest BCUT2D eigenvalue weighted by atomic mass is 16.5. The topological polar surface area (TPSA) is 152 Å². The minimum atomic E-state index is -1.23. The van der Waals surface area contributed by atoms with Gasteiger partial charge in [-0.15, -0.1) is 0 Å². The van der Waals surface area contributed by atoms with Gasteiger partial charge in [-0.2, -0.15) is 5.26 Å². The summed E-state index contributed by atoms with van der Waals surface area (Å²) < 4.78 is 9.84. The lowest BCUT2D eigenvalue weighted by atomic mass is 10.2. The molecule has 0 heterocycles. The molecule has 1 rings (SSSR count). The summed E-state index contributed by atoms with van der Waals surface area (Å²) in [6.45, 7) is -0.498. The summed E-state index contributed by atoms with van der Waals surface area (Å²) in [5.74, 6) is -1.99. The van der Waals surface area contributed by atoms with E-state index in [2.05, 4.69) is 10.1 Å². The number of carboxylic acid groups (broad SMARTS) is 1. The number of rotatable bonds is 10. The summed E-state index contributed by atoms with van der Waals surface area (Å²) in [6, 6.07) is 7.74.